The Morgan fingerprint density at radius 2 is 1.96 bits per heavy atom. The van der Waals surface area contributed by atoms with Crippen molar-refractivity contribution in [2.24, 2.45) is 5.73 Å². The van der Waals surface area contributed by atoms with Crippen molar-refractivity contribution >= 4 is 17.6 Å². The maximum absolute atomic E-state index is 12.4. The molecule has 0 atom stereocenters. The summed E-state index contributed by atoms with van der Waals surface area (Å²) in [4.78, 5) is 27.7. The first-order valence-electron chi connectivity index (χ1n) is 7.69. The van der Waals surface area contributed by atoms with Gasteiger partial charge in [0.1, 0.15) is 0 Å². The molecule has 1 heterocycles. The third-order valence-electron chi connectivity index (χ3n) is 4.03. The molecule has 1 aliphatic heterocycles. The first-order chi connectivity index (χ1) is 11.0. The van der Waals surface area contributed by atoms with Crippen LogP contribution < -0.4 is 11.1 Å². The van der Waals surface area contributed by atoms with Crippen LogP contribution in [0.5, 0.6) is 0 Å². The first kappa shape index (κ1) is 17.2. The summed E-state index contributed by atoms with van der Waals surface area (Å²) in [6.07, 6.45) is 0. The van der Waals surface area contributed by atoms with E-state index in [1.54, 1.807) is 30.2 Å². The quantitative estimate of drug-likeness (QED) is 0.843. The Hall–Kier alpha value is -2.12. The number of hydrogen-bond acceptors (Lipinski definition) is 4. The molecule has 1 aromatic carbocycles. The number of nitrogens with zero attached hydrogens (tertiary/aromatic N) is 2. The van der Waals surface area contributed by atoms with Crippen molar-refractivity contribution in [3.05, 3.63) is 29.3 Å². The predicted octanol–water partition coefficient (Wildman–Crippen LogP) is 0.890. The number of amides is 3. The SMILES string of the molecule is COCCN1CCN(C(=O)Nc2cc(C(N)=O)ccc2C)CC1. The van der Waals surface area contributed by atoms with Gasteiger partial charge in [0.15, 0.2) is 0 Å². The van der Waals surface area contributed by atoms with Crippen LogP contribution in [0.25, 0.3) is 0 Å². The fourth-order valence-corrected chi connectivity index (χ4v) is 2.50. The number of ether oxygens (including phenoxy) is 1. The molecule has 7 heteroatoms. The lowest BCUT2D eigenvalue weighted by atomic mass is 10.1. The number of hydrogen-bond donors (Lipinski definition) is 2. The molecule has 0 aliphatic carbocycles. The van der Waals surface area contributed by atoms with E-state index in [0.29, 0.717) is 30.9 Å². The minimum Gasteiger partial charge on any atom is -0.383 e. The number of aryl methyl sites for hydroxylation is 1. The second-order valence-electron chi connectivity index (χ2n) is 5.65. The van der Waals surface area contributed by atoms with Crippen molar-refractivity contribution in [2.75, 3.05) is 51.8 Å². The Kier molecular flexibility index (Phi) is 5.95. The van der Waals surface area contributed by atoms with Crippen molar-refractivity contribution in [1.29, 1.82) is 0 Å². The topological polar surface area (TPSA) is 87.9 Å². The Labute approximate surface area is 136 Å². The Balaban J connectivity index is 1.93. The van der Waals surface area contributed by atoms with Gasteiger partial charge >= 0.3 is 6.03 Å². The number of urea groups is 1. The molecule has 126 valence electrons. The van der Waals surface area contributed by atoms with Gasteiger partial charge in [-0.05, 0) is 24.6 Å². The van der Waals surface area contributed by atoms with Gasteiger partial charge in [-0.25, -0.2) is 4.79 Å². The van der Waals surface area contributed by atoms with Crippen LogP contribution in [0.2, 0.25) is 0 Å². The Bertz CT molecular complexity index is 568. The predicted molar refractivity (Wildman–Crippen MR) is 88.6 cm³/mol. The van der Waals surface area contributed by atoms with Crippen molar-refractivity contribution < 1.29 is 14.3 Å². The van der Waals surface area contributed by atoms with Gasteiger partial charge in [0.2, 0.25) is 5.91 Å². The minimum absolute atomic E-state index is 0.152. The van der Waals surface area contributed by atoms with E-state index in [2.05, 4.69) is 10.2 Å². The van der Waals surface area contributed by atoms with Gasteiger partial charge in [-0.15, -0.1) is 0 Å². The number of nitrogens with two attached hydrogens (primary N) is 1. The fraction of sp³-hybridized carbons (Fsp3) is 0.500. The fourth-order valence-electron chi connectivity index (χ4n) is 2.50. The summed E-state index contributed by atoms with van der Waals surface area (Å²) >= 11 is 0. The van der Waals surface area contributed by atoms with Crippen LogP contribution in [0.4, 0.5) is 10.5 Å². The van der Waals surface area contributed by atoms with Crippen molar-refractivity contribution in [1.82, 2.24) is 9.80 Å². The zero-order valence-electron chi connectivity index (χ0n) is 13.7. The monoisotopic (exact) mass is 320 g/mol. The van der Waals surface area contributed by atoms with Crippen molar-refractivity contribution in [2.45, 2.75) is 6.92 Å². The largest absolute Gasteiger partial charge is 0.383 e. The van der Waals surface area contributed by atoms with E-state index in [0.717, 1.165) is 25.2 Å². The van der Waals surface area contributed by atoms with Gasteiger partial charge in [0.05, 0.1) is 6.61 Å². The molecule has 1 saturated heterocycles. The Morgan fingerprint density at radius 3 is 2.57 bits per heavy atom. The molecule has 0 unspecified atom stereocenters. The third-order valence-corrected chi connectivity index (χ3v) is 4.03. The highest BCUT2D eigenvalue weighted by molar-refractivity contribution is 5.96. The molecular formula is C16H24N4O3. The molecule has 1 aromatic rings. The van der Waals surface area contributed by atoms with Crippen LogP contribution in [0.1, 0.15) is 15.9 Å². The van der Waals surface area contributed by atoms with Gasteiger partial charge in [0, 0.05) is 51.1 Å². The van der Waals surface area contributed by atoms with E-state index in [9.17, 15) is 9.59 Å². The zero-order chi connectivity index (χ0) is 16.8. The average Bonchev–Trinajstić information content (AvgIpc) is 2.55. The highest BCUT2D eigenvalue weighted by Crippen LogP contribution is 2.17. The van der Waals surface area contributed by atoms with E-state index in [-0.39, 0.29) is 6.03 Å². The van der Waals surface area contributed by atoms with Gasteiger partial charge < -0.3 is 20.7 Å². The second-order valence-corrected chi connectivity index (χ2v) is 5.65. The molecule has 3 amide bonds. The maximum atomic E-state index is 12.4. The van der Waals surface area contributed by atoms with E-state index < -0.39 is 5.91 Å². The third kappa shape index (κ3) is 4.67. The summed E-state index contributed by atoms with van der Waals surface area (Å²) in [5.74, 6) is -0.507. The molecule has 3 N–H and O–H groups in total. The summed E-state index contributed by atoms with van der Waals surface area (Å²) in [7, 11) is 1.69. The zero-order valence-corrected chi connectivity index (χ0v) is 13.7. The summed E-state index contributed by atoms with van der Waals surface area (Å²) in [5, 5.41) is 2.87. The molecule has 0 saturated carbocycles. The lowest BCUT2D eigenvalue weighted by Crippen LogP contribution is -2.50. The van der Waals surface area contributed by atoms with E-state index >= 15 is 0 Å². The summed E-state index contributed by atoms with van der Waals surface area (Å²) in [5.41, 5.74) is 7.18. The lowest BCUT2D eigenvalue weighted by Gasteiger charge is -2.34. The molecule has 7 nitrogen and oxygen atoms in total. The smallest absolute Gasteiger partial charge is 0.321 e. The number of carbonyl (C=O) groups is 2. The van der Waals surface area contributed by atoms with Gasteiger partial charge in [-0.2, -0.15) is 0 Å². The van der Waals surface area contributed by atoms with Gasteiger partial charge in [-0.3, -0.25) is 9.69 Å². The number of rotatable bonds is 5. The number of carbonyl (C=O) groups excluding carboxylic acids is 2. The van der Waals surface area contributed by atoms with Crippen molar-refractivity contribution in [3.8, 4) is 0 Å². The molecule has 0 spiro atoms. The summed E-state index contributed by atoms with van der Waals surface area (Å²) in [6.45, 7) is 6.46. The van der Waals surface area contributed by atoms with Gasteiger partial charge in [-0.1, -0.05) is 6.07 Å². The van der Waals surface area contributed by atoms with Crippen LogP contribution in [0.15, 0.2) is 18.2 Å². The maximum Gasteiger partial charge on any atom is 0.321 e. The van der Waals surface area contributed by atoms with E-state index in [1.165, 1.54) is 0 Å². The molecule has 0 aromatic heterocycles. The van der Waals surface area contributed by atoms with Crippen molar-refractivity contribution in [3.63, 3.8) is 0 Å². The number of nitrogens with one attached hydrogen (secondary N) is 1. The summed E-state index contributed by atoms with van der Waals surface area (Å²) < 4.78 is 5.07. The van der Waals surface area contributed by atoms with Crippen LogP contribution in [0, 0.1) is 6.92 Å². The number of benzene rings is 1. The molecular weight excluding hydrogens is 296 g/mol. The highest BCUT2D eigenvalue weighted by Gasteiger charge is 2.21. The van der Waals surface area contributed by atoms with Gasteiger partial charge in [0.25, 0.3) is 0 Å². The van der Waals surface area contributed by atoms with Crippen LogP contribution in [-0.4, -0.2) is 68.2 Å². The van der Waals surface area contributed by atoms with Crippen LogP contribution in [-0.2, 0) is 4.74 Å². The van der Waals surface area contributed by atoms with E-state index in [4.69, 9.17) is 10.5 Å². The van der Waals surface area contributed by atoms with Crippen LogP contribution in [0.3, 0.4) is 0 Å². The molecule has 0 bridgehead atoms. The highest BCUT2D eigenvalue weighted by atomic mass is 16.5. The summed E-state index contributed by atoms with van der Waals surface area (Å²) in [6, 6.07) is 4.89. The first-order valence-corrected chi connectivity index (χ1v) is 7.69. The van der Waals surface area contributed by atoms with Crippen LogP contribution >= 0.6 is 0 Å². The second kappa shape index (κ2) is 7.94. The molecule has 23 heavy (non-hydrogen) atoms. The standard InChI is InChI=1S/C16H24N4O3/c1-12-3-4-13(15(17)21)11-14(12)18-16(22)20-7-5-19(6-8-20)9-10-23-2/h3-4,11H,5-10H2,1-2H3,(H2,17,21)(H,18,22). The number of primary amides is 1. The molecule has 2 rings (SSSR count). The number of methoxy groups -OCH3 is 1. The number of piperazine rings is 1. The molecule has 0 radical (unpaired) electrons. The average molecular weight is 320 g/mol. The minimum atomic E-state index is -0.507. The lowest BCUT2D eigenvalue weighted by molar-refractivity contribution is 0.1000. The molecule has 1 fully saturated rings. The molecule has 1 aliphatic rings. The normalized spacial score (nSPS) is 15.5. The van der Waals surface area contributed by atoms with E-state index in [1.807, 2.05) is 6.92 Å². The Morgan fingerprint density at radius 1 is 1.26 bits per heavy atom. The number of anilines is 1.